The number of aryl methyl sites for hydroxylation is 2. The molecule has 2 atom stereocenters. The second-order valence-corrected chi connectivity index (χ2v) is 18.7. The number of allylic oxidation sites excluding steroid dienone is 1. The molecule has 0 bridgehead atoms. The van der Waals surface area contributed by atoms with E-state index in [9.17, 15) is 0 Å². The van der Waals surface area contributed by atoms with Crippen LogP contribution < -0.4 is 14.5 Å². The second kappa shape index (κ2) is 14.7. The Morgan fingerprint density at radius 3 is 1.58 bits per heavy atom. The molecule has 0 radical (unpaired) electrons. The van der Waals surface area contributed by atoms with Gasteiger partial charge < -0.3 is 32.2 Å². The summed E-state index contributed by atoms with van der Waals surface area (Å²) in [5.41, 5.74) is 12.5. The Kier molecular flexibility index (Phi) is 8.26. The van der Waals surface area contributed by atoms with Crippen molar-refractivity contribution in [2.75, 3.05) is 9.80 Å². The Balaban J connectivity index is 0.808. The van der Waals surface area contributed by atoms with Crippen LogP contribution in [0, 0.1) is 25.5 Å². The highest BCUT2D eigenvalue weighted by molar-refractivity contribution is 6.16. The number of hydrogen-bond acceptors (Lipinski definition) is 7. The third-order valence-electron chi connectivity index (χ3n) is 14.6. The lowest BCUT2D eigenvalue weighted by Crippen LogP contribution is -2.24. The molecule has 9 aromatic carbocycles. The molecule has 2 aliphatic rings. The van der Waals surface area contributed by atoms with Crippen LogP contribution in [0.15, 0.2) is 205 Å². The molecule has 0 saturated heterocycles. The van der Waals surface area contributed by atoms with Gasteiger partial charge in [-0.25, -0.2) is 8.78 Å². The molecule has 5 heterocycles. The molecular formula is C62H38F2N2O5. The van der Waals surface area contributed by atoms with Crippen molar-refractivity contribution in [1.29, 1.82) is 0 Å². The number of para-hydroxylation sites is 4. The average molecular weight is 929 g/mol. The zero-order chi connectivity index (χ0) is 47.2. The van der Waals surface area contributed by atoms with Crippen molar-refractivity contribution in [3.8, 4) is 5.75 Å². The maximum Gasteiger partial charge on any atom is 0.159 e. The van der Waals surface area contributed by atoms with Crippen LogP contribution in [0.4, 0.5) is 37.2 Å². The van der Waals surface area contributed by atoms with E-state index in [-0.39, 0.29) is 23.7 Å². The maximum absolute atomic E-state index is 15.4. The normalized spacial score (nSPS) is 15.5. The molecule has 0 N–H and O–H groups in total. The van der Waals surface area contributed by atoms with Crippen molar-refractivity contribution in [2.45, 2.75) is 25.9 Å². The third-order valence-corrected chi connectivity index (χ3v) is 14.6. The first-order chi connectivity index (χ1) is 34.8. The van der Waals surface area contributed by atoms with E-state index in [1.165, 1.54) is 0 Å². The van der Waals surface area contributed by atoms with E-state index in [4.69, 9.17) is 22.4 Å². The molecule has 0 spiro atoms. The average Bonchev–Trinajstić information content (AvgIpc) is 4.21. The van der Waals surface area contributed by atoms with E-state index in [1.807, 2.05) is 107 Å². The molecule has 9 heteroatoms. The fourth-order valence-corrected chi connectivity index (χ4v) is 11.0. The van der Waals surface area contributed by atoms with Crippen LogP contribution in [0.25, 0.3) is 87.8 Å². The molecule has 0 saturated carbocycles. The van der Waals surface area contributed by atoms with Crippen molar-refractivity contribution in [1.82, 2.24) is 0 Å². The van der Waals surface area contributed by atoms with Gasteiger partial charge in [-0.05, 0) is 122 Å². The van der Waals surface area contributed by atoms with Crippen molar-refractivity contribution >= 4 is 116 Å². The Bertz CT molecular complexity index is 4490. The molecule has 1 aliphatic carbocycles. The number of fused-ring (bicyclic) bond motifs is 15. The summed E-state index contributed by atoms with van der Waals surface area (Å²) in [6.07, 6.45) is 6.03. The Morgan fingerprint density at radius 1 is 0.423 bits per heavy atom. The van der Waals surface area contributed by atoms with Gasteiger partial charge in [0.05, 0.1) is 17.1 Å². The van der Waals surface area contributed by atoms with Crippen LogP contribution in [-0.2, 0) is 0 Å². The lowest BCUT2D eigenvalue weighted by molar-refractivity contribution is 0.268. The lowest BCUT2D eigenvalue weighted by atomic mass is 9.90. The first kappa shape index (κ1) is 39.9. The zero-order valence-corrected chi connectivity index (χ0v) is 38.2. The van der Waals surface area contributed by atoms with Crippen LogP contribution >= 0.6 is 0 Å². The minimum absolute atomic E-state index is 0.0748. The second-order valence-electron chi connectivity index (χ2n) is 18.7. The molecule has 4 aromatic heterocycles. The predicted molar refractivity (Wildman–Crippen MR) is 279 cm³/mol. The number of hydrogen-bond donors (Lipinski definition) is 0. The highest BCUT2D eigenvalue weighted by Gasteiger charge is 2.36. The minimum atomic E-state index is -0.332. The van der Waals surface area contributed by atoms with Crippen LogP contribution in [0.2, 0.25) is 0 Å². The quantitative estimate of drug-likeness (QED) is 0.165. The van der Waals surface area contributed by atoms with E-state index in [0.29, 0.717) is 44.8 Å². The summed E-state index contributed by atoms with van der Waals surface area (Å²) >= 11 is 0. The molecule has 0 fully saturated rings. The summed E-state index contributed by atoms with van der Waals surface area (Å²) in [6, 6.07) is 53.0. The lowest BCUT2D eigenvalue weighted by Gasteiger charge is -2.30. The van der Waals surface area contributed by atoms with Gasteiger partial charge in [-0.15, -0.1) is 0 Å². The molecule has 340 valence electrons. The predicted octanol–water partition coefficient (Wildman–Crippen LogP) is 17.8. The highest BCUT2D eigenvalue weighted by atomic mass is 19.1. The minimum Gasteiger partial charge on any atom is -0.485 e. The van der Waals surface area contributed by atoms with E-state index < -0.39 is 0 Å². The van der Waals surface area contributed by atoms with Gasteiger partial charge in [-0.2, -0.15) is 0 Å². The molecule has 71 heavy (non-hydrogen) atoms. The number of furan rings is 4. The number of halogens is 2. The van der Waals surface area contributed by atoms with Gasteiger partial charge in [0.1, 0.15) is 57.0 Å². The van der Waals surface area contributed by atoms with E-state index >= 15 is 8.78 Å². The van der Waals surface area contributed by atoms with Gasteiger partial charge in [0.25, 0.3) is 0 Å². The van der Waals surface area contributed by atoms with Crippen molar-refractivity contribution in [3.05, 3.63) is 216 Å². The molecule has 1 aliphatic heterocycles. The number of rotatable bonds is 6. The molecule has 7 nitrogen and oxygen atoms in total. The summed E-state index contributed by atoms with van der Waals surface area (Å²) in [6.45, 7) is 3.53. The van der Waals surface area contributed by atoms with E-state index in [2.05, 4.69) is 60.7 Å². The topological polar surface area (TPSA) is 68.3 Å². The number of nitrogens with zero attached hydrogens (tertiary/aromatic N) is 2. The van der Waals surface area contributed by atoms with Crippen LogP contribution in [-0.4, -0.2) is 6.10 Å². The first-order valence-electron chi connectivity index (χ1n) is 23.7. The SMILES string of the molecule is Cc1ccc(N(C2=CC3Oc4cc5c(cc4C3C=C2)oc2cc3c(cc25)oc2cc(N(c4ccc(C)c(F)c4)c4cccc5c4oc4ccccc45)ccc23)c2cccc3c2oc2ccccc23)cc1F. The summed E-state index contributed by atoms with van der Waals surface area (Å²) in [5, 5.41) is 7.63. The van der Waals surface area contributed by atoms with Crippen LogP contribution in [0.3, 0.4) is 0 Å². The third kappa shape index (κ3) is 5.93. The Hall–Kier alpha value is -9.08. The van der Waals surface area contributed by atoms with Gasteiger partial charge in [0.2, 0.25) is 0 Å². The largest absolute Gasteiger partial charge is 0.485 e. The van der Waals surface area contributed by atoms with Gasteiger partial charge in [-0.1, -0.05) is 78.9 Å². The van der Waals surface area contributed by atoms with Gasteiger partial charge in [-0.3, -0.25) is 0 Å². The zero-order valence-electron chi connectivity index (χ0n) is 38.2. The molecular weight excluding hydrogens is 891 g/mol. The summed E-state index contributed by atoms with van der Waals surface area (Å²) in [5.74, 6) is 0.106. The molecule has 15 rings (SSSR count). The summed E-state index contributed by atoms with van der Waals surface area (Å²) in [7, 11) is 0. The van der Waals surface area contributed by atoms with E-state index in [1.54, 1.807) is 38.1 Å². The van der Waals surface area contributed by atoms with Gasteiger partial charge in [0, 0.05) is 77.7 Å². The van der Waals surface area contributed by atoms with Crippen molar-refractivity contribution < 1.29 is 31.2 Å². The highest BCUT2D eigenvalue weighted by Crippen LogP contribution is 2.50. The van der Waals surface area contributed by atoms with Gasteiger partial charge >= 0.3 is 0 Å². The summed E-state index contributed by atoms with van der Waals surface area (Å²) < 4.78 is 63.9. The molecule has 2 unspecified atom stereocenters. The number of anilines is 5. The van der Waals surface area contributed by atoms with E-state index in [0.717, 1.165) is 99.5 Å². The fourth-order valence-electron chi connectivity index (χ4n) is 11.0. The molecule has 13 aromatic rings. The van der Waals surface area contributed by atoms with Gasteiger partial charge in [0.15, 0.2) is 11.2 Å². The smallest absolute Gasteiger partial charge is 0.159 e. The fraction of sp³-hybridized carbons (Fsp3) is 0.0645. The number of benzene rings is 9. The Morgan fingerprint density at radius 2 is 0.930 bits per heavy atom. The number of ether oxygens (including phenoxy) is 1. The van der Waals surface area contributed by atoms with Crippen molar-refractivity contribution in [2.24, 2.45) is 0 Å². The van der Waals surface area contributed by atoms with Crippen LogP contribution in [0.1, 0.15) is 22.6 Å². The molecule has 0 amide bonds. The standard InChI is InChI=1S/C62H38F2N2O5/c1-33-17-19-35(25-49(33)63)65(51-13-7-11-43-39-9-3-5-15-53(39)70-61(43)51)37-21-23-41-45-29-59-47(31-57(45)67-55(41)27-37)48-32-58-46(30-60(48)69-59)42-24-22-38(28-56(42)68-58)66(36-20-18-34(2)50(64)26-36)52-14-8-12-44-40-10-4-6-16-54(40)71-62(44)52/h3-32,41,55H,1-2H3. The summed E-state index contributed by atoms with van der Waals surface area (Å²) in [4.78, 5) is 4.07. The maximum atomic E-state index is 15.4. The first-order valence-corrected chi connectivity index (χ1v) is 23.7. The van der Waals surface area contributed by atoms with Crippen molar-refractivity contribution in [3.63, 3.8) is 0 Å². The van der Waals surface area contributed by atoms with Crippen LogP contribution in [0.5, 0.6) is 5.75 Å². The monoisotopic (exact) mass is 928 g/mol. The Labute approximate surface area is 403 Å².